The van der Waals surface area contributed by atoms with E-state index in [2.05, 4.69) is 53.4 Å². The predicted molar refractivity (Wildman–Crippen MR) is 183 cm³/mol. The number of hydrogen-bond donors (Lipinski definition) is 4. The van der Waals surface area contributed by atoms with Crippen LogP contribution in [-0.2, 0) is 14.2 Å². The Morgan fingerprint density at radius 2 is 1.64 bits per heavy atom. The maximum absolute atomic E-state index is 12.1. The summed E-state index contributed by atoms with van der Waals surface area (Å²) in [5, 5.41) is 43.5. The summed E-state index contributed by atoms with van der Waals surface area (Å²) in [5.41, 5.74) is -0.973. The van der Waals surface area contributed by atoms with Crippen LogP contribution in [0.4, 0.5) is 0 Å². The van der Waals surface area contributed by atoms with E-state index in [-0.39, 0.29) is 52.8 Å². The van der Waals surface area contributed by atoms with Crippen LogP contribution in [-0.4, -0.2) is 101 Å². The Kier molecular flexibility index (Phi) is 9.20. The summed E-state index contributed by atoms with van der Waals surface area (Å²) < 4.78 is 18.8. The lowest BCUT2D eigenvalue weighted by Crippen LogP contribution is -2.60. The molecule has 0 aromatic heterocycles. The number of fused-ring (bicyclic) bond motifs is 2. The smallest absolute Gasteiger partial charge is 0.170 e. The van der Waals surface area contributed by atoms with Crippen LogP contribution in [0.25, 0.3) is 0 Å². The van der Waals surface area contributed by atoms with Crippen molar-refractivity contribution in [1.82, 2.24) is 4.90 Å². The fourth-order valence-corrected chi connectivity index (χ4v) is 13.4. The van der Waals surface area contributed by atoms with E-state index >= 15 is 0 Å². The molecule has 13 atom stereocenters. The van der Waals surface area contributed by atoms with Gasteiger partial charge in [0.1, 0.15) is 6.10 Å². The van der Waals surface area contributed by atoms with Crippen LogP contribution >= 0.6 is 0 Å². The van der Waals surface area contributed by atoms with Crippen molar-refractivity contribution < 1.29 is 34.6 Å². The molecular formula is C39H69NO7. The zero-order valence-corrected chi connectivity index (χ0v) is 31.3. The molecule has 2 spiro atoms. The molecule has 0 aromatic carbocycles. The average molecular weight is 664 g/mol. The van der Waals surface area contributed by atoms with E-state index in [1.54, 1.807) is 21.0 Å². The first kappa shape index (κ1) is 36.5. The van der Waals surface area contributed by atoms with Crippen molar-refractivity contribution in [2.45, 2.75) is 162 Å². The number of rotatable bonds is 10. The third kappa shape index (κ3) is 5.26. The molecule has 0 aromatic rings. The second-order valence-corrected chi connectivity index (χ2v) is 19.5. The highest BCUT2D eigenvalue weighted by Crippen LogP contribution is 2.89. The van der Waals surface area contributed by atoms with Gasteiger partial charge in [0.2, 0.25) is 0 Å². The molecule has 6 fully saturated rings. The summed E-state index contributed by atoms with van der Waals surface area (Å²) in [4.78, 5) is 2.31. The first-order valence-electron chi connectivity index (χ1n) is 19.0. The Bertz CT molecular complexity index is 1150. The molecule has 272 valence electrons. The molecule has 0 bridgehead atoms. The van der Waals surface area contributed by atoms with E-state index in [9.17, 15) is 20.4 Å². The highest BCUT2D eigenvalue weighted by molar-refractivity contribution is 5.31. The number of methoxy groups -OCH3 is 1. The van der Waals surface area contributed by atoms with Crippen molar-refractivity contribution in [1.29, 1.82) is 0 Å². The van der Waals surface area contributed by atoms with Crippen molar-refractivity contribution in [3.05, 3.63) is 0 Å². The van der Waals surface area contributed by atoms with Crippen LogP contribution in [0.1, 0.15) is 120 Å². The molecule has 6 aliphatic rings. The largest absolute Gasteiger partial charge is 0.394 e. The van der Waals surface area contributed by atoms with E-state index < -0.39 is 17.8 Å². The van der Waals surface area contributed by atoms with Crippen molar-refractivity contribution in [3.63, 3.8) is 0 Å². The monoisotopic (exact) mass is 664 g/mol. The first-order valence-corrected chi connectivity index (χ1v) is 19.0. The summed E-state index contributed by atoms with van der Waals surface area (Å²) in [6, 6.07) is 0. The van der Waals surface area contributed by atoms with Gasteiger partial charge < -0.3 is 34.6 Å². The number of hydrogen-bond acceptors (Lipinski definition) is 8. The number of nitrogens with zero attached hydrogens (tertiary/aromatic N) is 1. The lowest BCUT2D eigenvalue weighted by molar-refractivity contribution is -0.254. The topological polar surface area (TPSA) is 112 Å². The normalized spacial score (nSPS) is 46.9. The molecule has 1 saturated heterocycles. The first-order chi connectivity index (χ1) is 21.7. The van der Waals surface area contributed by atoms with Gasteiger partial charge in [0.15, 0.2) is 6.29 Å². The second-order valence-electron chi connectivity index (χ2n) is 19.5. The highest BCUT2D eigenvalue weighted by atomic mass is 16.7. The zero-order valence-electron chi connectivity index (χ0n) is 31.3. The second kappa shape index (κ2) is 11.9. The van der Waals surface area contributed by atoms with Crippen LogP contribution < -0.4 is 0 Å². The van der Waals surface area contributed by atoms with Gasteiger partial charge in [-0.2, -0.15) is 0 Å². The third-order valence-electron chi connectivity index (χ3n) is 16.5. The molecule has 8 nitrogen and oxygen atoms in total. The van der Waals surface area contributed by atoms with Crippen molar-refractivity contribution in [2.75, 3.05) is 33.4 Å². The quantitative estimate of drug-likeness (QED) is 0.247. The number of ether oxygens (including phenoxy) is 3. The van der Waals surface area contributed by atoms with Crippen LogP contribution in [0, 0.1) is 50.7 Å². The Morgan fingerprint density at radius 3 is 2.28 bits per heavy atom. The molecular weight excluding hydrogens is 594 g/mol. The summed E-state index contributed by atoms with van der Waals surface area (Å²) in [6.45, 7) is 21.8. The minimum absolute atomic E-state index is 0.0126. The molecule has 4 N–H and O–H groups in total. The lowest BCUT2D eigenvalue weighted by Gasteiger charge is -2.64. The summed E-state index contributed by atoms with van der Waals surface area (Å²) in [6.07, 6.45) is 7.91. The molecule has 47 heavy (non-hydrogen) atoms. The molecule has 6 rings (SSSR count). The molecule has 5 saturated carbocycles. The van der Waals surface area contributed by atoms with Gasteiger partial charge in [-0.05, 0) is 131 Å². The molecule has 9 unspecified atom stereocenters. The molecule has 5 aliphatic carbocycles. The zero-order chi connectivity index (χ0) is 34.6. The van der Waals surface area contributed by atoms with E-state index in [4.69, 9.17) is 14.2 Å². The van der Waals surface area contributed by atoms with E-state index in [1.165, 1.54) is 32.1 Å². The average Bonchev–Trinajstić information content (AvgIpc) is 3.63. The van der Waals surface area contributed by atoms with E-state index in [1.807, 2.05) is 0 Å². The fraction of sp³-hybridized carbons (Fsp3) is 1.00. The molecule has 8 heteroatoms. The Morgan fingerprint density at radius 1 is 0.979 bits per heavy atom. The maximum Gasteiger partial charge on any atom is 0.170 e. The van der Waals surface area contributed by atoms with Crippen LogP contribution in [0.15, 0.2) is 0 Å². The van der Waals surface area contributed by atoms with Crippen molar-refractivity contribution in [2.24, 2.45) is 50.7 Å². The molecule has 0 amide bonds. The van der Waals surface area contributed by atoms with Gasteiger partial charge in [-0.1, -0.05) is 34.6 Å². The Labute approximate surface area is 285 Å². The van der Waals surface area contributed by atoms with E-state index in [0.29, 0.717) is 48.2 Å². The van der Waals surface area contributed by atoms with Gasteiger partial charge in [0, 0.05) is 24.6 Å². The van der Waals surface area contributed by atoms with Crippen LogP contribution in [0.2, 0.25) is 0 Å². The minimum atomic E-state index is -1.23. The van der Waals surface area contributed by atoms with Gasteiger partial charge in [0.05, 0.1) is 43.7 Å². The van der Waals surface area contributed by atoms with E-state index in [0.717, 1.165) is 25.8 Å². The number of aliphatic hydroxyl groups excluding tert-OH is 3. The third-order valence-corrected chi connectivity index (χ3v) is 16.5. The highest BCUT2D eigenvalue weighted by Gasteiger charge is 2.83. The van der Waals surface area contributed by atoms with Crippen molar-refractivity contribution in [3.8, 4) is 0 Å². The van der Waals surface area contributed by atoms with Gasteiger partial charge in [-0.25, -0.2) is 0 Å². The van der Waals surface area contributed by atoms with Crippen LogP contribution in [0.5, 0.6) is 0 Å². The lowest BCUT2D eigenvalue weighted by atomic mass is 9.41. The van der Waals surface area contributed by atoms with Gasteiger partial charge >= 0.3 is 0 Å². The fourth-order valence-electron chi connectivity index (χ4n) is 13.4. The van der Waals surface area contributed by atoms with Crippen molar-refractivity contribution >= 4 is 0 Å². The van der Waals surface area contributed by atoms with Gasteiger partial charge in [-0.15, -0.1) is 0 Å². The SMILES string of the molecule is COC(C[C@@H](C)C1C[C@H](O)[C@@]2(C)C3CC[C@H]4C(C)(C)C(OC5CN(C(C)(C)CO)CCO5)CCC45CC35CCC12C)C(O)C(C)(C)O. The number of aliphatic hydroxyl groups is 4. The number of morpholine rings is 1. The molecule has 1 heterocycles. The summed E-state index contributed by atoms with van der Waals surface area (Å²) >= 11 is 0. The Balaban J connectivity index is 1.19. The summed E-state index contributed by atoms with van der Waals surface area (Å²) in [7, 11) is 1.63. The van der Waals surface area contributed by atoms with Crippen LogP contribution in [0.3, 0.4) is 0 Å². The summed E-state index contributed by atoms with van der Waals surface area (Å²) in [5.74, 6) is 1.71. The standard InChI is InChI=1S/C39H69NO7/c1-24(19-26(45-10)32(43)35(6,7)44)25-20-29(42)37(9)28-12-11-27-34(4,5)30(47-31-21-40(17-18-46-31)33(2,3)23-41)13-14-38(27)22-39(28,38)16-15-36(25,37)8/h24-32,41-44H,11-23H2,1-10H3/t24-,25?,26?,27+,28?,29+,30?,31?,32?,36?,37-,38?,39?/m1/s1. The van der Waals surface area contributed by atoms with Gasteiger partial charge in [-0.3, -0.25) is 4.90 Å². The maximum atomic E-state index is 12.1. The molecule has 0 radical (unpaired) electrons. The minimum Gasteiger partial charge on any atom is -0.394 e. The molecule has 1 aliphatic heterocycles. The Hall–Kier alpha value is -0.320. The predicted octanol–water partition coefficient (Wildman–Crippen LogP) is 5.38. The van der Waals surface area contributed by atoms with Gasteiger partial charge in [0.25, 0.3) is 0 Å².